The number of fused-ring (bicyclic) bond motifs is 7. The SMILES string of the molecule is Cn1c2ccccc2c2c[c-]c3c(ccn4ccnc34)c21.[Ir]. The van der Waals surface area contributed by atoms with Gasteiger partial charge in [0.15, 0.2) is 0 Å². The summed E-state index contributed by atoms with van der Waals surface area (Å²) in [4.78, 5) is 4.46. The molecule has 0 bridgehead atoms. The van der Waals surface area contributed by atoms with Gasteiger partial charge in [-0.15, -0.1) is 12.1 Å². The maximum absolute atomic E-state index is 4.46. The van der Waals surface area contributed by atoms with Crippen molar-refractivity contribution in [1.29, 1.82) is 0 Å². The molecule has 5 aromatic rings. The summed E-state index contributed by atoms with van der Waals surface area (Å²) in [5.41, 5.74) is 3.45. The topological polar surface area (TPSA) is 22.2 Å². The Kier molecular flexibility index (Phi) is 2.86. The molecular formula is C18H12IrN3-. The average Bonchev–Trinajstić information content (AvgIpc) is 3.11. The standard InChI is InChI=1S/C18H12N3.Ir/c1-20-16-5-3-2-4-12(16)13-6-7-15-14(17(13)20)8-10-21-11-9-19-18(15)21;/h2-6,8-11H,1H3;/q-1;. The molecule has 4 heteroatoms. The van der Waals surface area contributed by atoms with E-state index in [1.165, 1.54) is 27.2 Å². The van der Waals surface area contributed by atoms with Gasteiger partial charge in [0, 0.05) is 45.1 Å². The van der Waals surface area contributed by atoms with Gasteiger partial charge in [-0.2, -0.15) is 0 Å². The quantitative estimate of drug-likeness (QED) is 0.320. The Morgan fingerprint density at radius 1 is 1.00 bits per heavy atom. The first-order valence-corrected chi connectivity index (χ1v) is 6.98. The van der Waals surface area contributed by atoms with Crippen molar-refractivity contribution >= 4 is 38.2 Å². The second-order valence-corrected chi connectivity index (χ2v) is 5.39. The van der Waals surface area contributed by atoms with E-state index in [1.807, 2.05) is 16.8 Å². The fourth-order valence-corrected chi connectivity index (χ4v) is 3.36. The smallest absolute Gasteiger partial charge is 0.0604 e. The summed E-state index contributed by atoms with van der Waals surface area (Å²) in [6, 6.07) is 16.2. The predicted octanol–water partition coefficient (Wildman–Crippen LogP) is 3.93. The number of nitrogens with zero attached hydrogens (tertiary/aromatic N) is 3. The van der Waals surface area contributed by atoms with E-state index in [1.54, 1.807) is 0 Å². The summed E-state index contributed by atoms with van der Waals surface area (Å²) < 4.78 is 4.30. The zero-order chi connectivity index (χ0) is 14.0. The molecule has 1 radical (unpaired) electrons. The molecule has 3 heterocycles. The number of hydrogen-bond acceptors (Lipinski definition) is 1. The summed E-state index contributed by atoms with van der Waals surface area (Å²) in [5.74, 6) is 0. The van der Waals surface area contributed by atoms with Crippen molar-refractivity contribution < 1.29 is 20.1 Å². The van der Waals surface area contributed by atoms with Crippen LogP contribution in [0.1, 0.15) is 0 Å². The summed E-state index contributed by atoms with van der Waals surface area (Å²) in [6.45, 7) is 0. The molecule has 0 spiro atoms. The maximum atomic E-state index is 4.46. The molecule has 22 heavy (non-hydrogen) atoms. The Balaban J connectivity index is 0.00000125. The molecule has 3 nitrogen and oxygen atoms in total. The summed E-state index contributed by atoms with van der Waals surface area (Å²) in [7, 11) is 2.12. The van der Waals surface area contributed by atoms with Crippen LogP contribution in [0.3, 0.4) is 0 Å². The molecule has 0 saturated carbocycles. The number of aryl methyl sites for hydroxylation is 1. The van der Waals surface area contributed by atoms with E-state index in [2.05, 4.69) is 65.3 Å². The van der Waals surface area contributed by atoms with Crippen molar-refractivity contribution in [2.24, 2.45) is 7.05 Å². The Hall–Kier alpha value is -2.16. The van der Waals surface area contributed by atoms with Crippen LogP contribution in [0.15, 0.2) is 55.0 Å². The van der Waals surface area contributed by atoms with Gasteiger partial charge < -0.3 is 8.97 Å². The largest absolute Gasteiger partial charge is 0.361 e. The monoisotopic (exact) mass is 463 g/mol. The third-order valence-corrected chi connectivity index (χ3v) is 4.33. The van der Waals surface area contributed by atoms with Gasteiger partial charge >= 0.3 is 0 Å². The van der Waals surface area contributed by atoms with E-state index in [4.69, 9.17) is 0 Å². The number of rotatable bonds is 0. The number of pyridine rings is 1. The molecule has 0 aliphatic carbocycles. The van der Waals surface area contributed by atoms with E-state index < -0.39 is 0 Å². The van der Waals surface area contributed by atoms with Crippen LogP contribution in [0.4, 0.5) is 0 Å². The zero-order valence-corrected chi connectivity index (χ0v) is 14.3. The Bertz CT molecular complexity index is 1150. The molecular weight excluding hydrogens is 450 g/mol. The molecule has 0 atom stereocenters. The number of para-hydroxylation sites is 1. The van der Waals surface area contributed by atoms with Gasteiger partial charge in [-0.05, 0) is 23.2 Å². The van der Waals surface area contributed by atoms with E-state index in [0.717, 1.165) is 11.0 Å². The molecule has 0 amide bonds. The second kappa shape index (κ2) is 4.67. The van der Waals surface area contributed by atoms with Crippen molar-refractivity contribution in [2.45, 2.75) is 0 Å². The minimum atomic E-state index is 0. The van der Waals surface area contributed by atoms with Crippen LogP contribution in [0, 0.1) is 6.07 Å². The van der Waals surface area contributed by atoms with Gasteiger partial charge in [0.2, 0.25) is 0 Å². The Labute approximate surface area is 140 Å². The van der Waals surface area contributed by atoms with Gasteiger partial charge in [-0.25, -0.2) is 0 Å². The summed E-state index contributed by atoms with van der Waals surface area (Å²) >= 11 is 0. The van der Waals surface area contributed by atoms with Crippen molar-refractivity contribution in [1.82, 2.24) is 14.0 Å². The number of imidazole rings is 1. The molecule has 0 aliphatic heterocycles. The molecule has 0 fully saturated rings. The minimum Gasteiger partial charge on any atom is -0.361 e. The van der Waals surface area contributed by atoms with Crippen LogP contribution in [0.2, 0.25) is 0 Å². The first kappa shape index (κ1) is 13.5. The van der Waals surface area contributed by atoms with Crippen LogP contribution in [0.5, 0.6) is 0 Å². The van der Waals surface area contributed by atoms with Crippen LogP contribution in [-0.2, 0) is 27.2 Å². The first-order valence-electron chi connectivity index (χ1n) is 6.98. The van der Waals surface area contributed by atoms with Crippen molar-refractivity contribution in [3.05, 3.63) is 61.1 Å². The van der Waals surface area contributed by atoms with E-state index in [0.29, 0.717) is 0 Å². The van der Waals surface area contributed by atoms with E-state index in [-0.39, 0.29) is 20.1 Å². The van der Waals surface area contributed by atoms with Crippen molar-refractivity contribution in [3.63, 3.8) is 0 Å². The number of hydrogen-bond donors (Lipinski definition) is 0. The predicted molar refractivity (Wildman–Crippen MR) is 85.5 cm³/mol. The molecule has 0 saturated heterocycles. The molecule has 3 aromatic heterocycles. The molecule has 0 unspecified atom stereocenters. The summed E-state index contributed by atoms with van der Waals surface area (Å²) in [5, 5.41) is 4.79. The number of benzene rings is 2. The van der Waals surface area contributed by atoms with Gasteiger partial charge in [0.1, 0.15) is 0 Å². The minimum absolute atomic E-state index is 0. The Morgan fingerprint density at radius 2 is 1.86 bits per heavy atom. The summed E-state index contributed by atoms with van der Waals surface area (Å²) in [6.07, 6.45) is 5.86. The first-order chi connectivity index (χ1) is 10.3. The average molecular weight is 463 g/mol. The van der Waals surface area contributed by atoms with Crippen molar-refractivity contribution in [3.8, 4) is 0 Å². The van der Waals surface area contributed by atoms with Gasteiger partial charge in [-0.1, -0.05) is 40.4 Å². The fraction of sp³-hybridized carbons (Fsp3) is 0.0556. The molecule has 0 aliphatic rings. The molecule has 2 aromatic carbocycles. The number of aromatic nitrogens is 3. The maximum Gasteiger partial charge on any atom is 0.0604 e. The van der Waals surface area contributed by atoms with Crippen LogP contribution in [0.25, 0.3) is 38.2 Å². The van der Waals surface area contributed by atoms with Crippen LogP contribution >= 0.6 is 0 Å². The fourth-order valence-electron chi connectivity index (χ4n) is 3.36. The molecule has 5 rings (SSSR count). The van der Waals surface area contributed by atoms with Crippen LogP contribution in [-0.4, -0.2) is 14.0 Å². The van der Waals surface area contributed by atoms with E-state index >= 15 is 0 Å². The third-order valence-electron chi connectivity index (χ3n) is 4.33. The van der Waals surface area contributed by atoms with Gasteiger partial charge in [0.25, 0.3) is 0 Å². The third kappa shape index (κ3) is 1.57. The van der Waals surface area contributed by atoms with E-state index in [9.17, 15) is 0 Å². The molecule has 109 valence electrons. The van der Waals surface area contributed by atoms with Gasteiger partial charge in [0.05, 0.1) is 5.65 Å². The van der Waals surface area contributed by atoms with Crippen LogP contribution < -0.4 is 0 Å². The van der Waals surface area contributed by atoms with Gasteiger partial charge in [-0.3, -0.25) is 4.98 Å². The second-order valence-electron chi connectivity index (χ2n) is 5.39. The molecule has 0 N–H and O–H groups in total. The zero-order valence-electron chi connectivity index (χ0n) is 11.9. The van der Waals surface area contributed by atoms with Crippen molar-refractivity contribution in [2.75, 3.05) is 0 Å². The Morgan fingerprint density at radius 3 is 2.77 bits per heavy atom. The normalized spacial score (nSPS) is 11.5.